The molecule has 0 aliphatic heterocycles. The van der Waals surface area contributed by atoms with Crippen LogP contribution in [0.4, 0.5) is 0 Å². The van der Waals surface area contributed by atoms with E-state index in [0.29, 0.717) is 26.2 Å². The van der Waals surface area contributed by atoms with Crippen LogP contribution in [0.5, 0.6) is 0 Å². The van der Waals surface area contributed by atoms with Gasteiger partial charge in [-0.3, -0.25) is 9.69 Å². The number of likely N-dealkylation sites (N-methyl/N-ethyl adjacent to an activating group) is 1. The van der Waals surface area contributed by atoms with Crippen molar-refractivity contribution in [2.45, 2.75) is 122 Å². The number of carbonyl (C=O) groups excluding carboxylic acids is 1. The lowest BCUT2D eigenvalue weighted by Crippen LogP contribution is -2.48. The Kier molecular flexibility index (Phi) is 16.8. The number of nitrogens with zero attached hydrogens (tertiary/aromatic N) is 1. The van der Waals surface area contributed by atoms with Crippen molar-refractivity contribution in [1.82, 2.24) is 4.90 Å². The molecule has 6 heteroatoms. The van der Waals surface area contributed by atoms with E-state index >= 15 is 0 Å². The second-order valence-corrected chi connectivity index (χ2v) is 11.7. The van der Waals surface area contributed by atoms with Crippen molar-refractivity contribution in [3.05, 3.63) is 71.8 Å². The molecular weight excluding hydrogens is 526 g/mol. The lowest BCUT2D eigenvalue weighted by atomic mass is 10.1. The molecule has 2 aromatic carbocycles. The van der Waals surface area contributed by atoms with Gasteiger partial charge in [-0.05, 0) is 50.4 Å². The fourth-order valence-corrected chi connectivity index (χ4v) is 5.73. The van der Waals surface area contributed by atoms with E-state index in [1.54, 1.807) is 0 Å². The fourth-order valence-electron chi connectivity index (χ4n) is 5.73. The van der Waals surface area contributed by atoms with Crippen LogP contribution in [0.25, 0.3) is 0 Å². The lowest BCUT2D eigenvalue weighted by Gasteiger charge is -2.34. The Labute approximate surface area is 255 Å². The SMILES string of the molecule is CCCCCCCOC1C(OCc2ccccc2)CC(OCc2ccccc2)C1N(C)CCCCCC(=O)OCCC. The van der Waals surface area contributed by atoms with Gasteiger partial charge in [0.2, 0.25) is 0 Å². The van der Waals surface area contributed by atoms with Crippen molar-refractivity contribution in [1.29, 1.82) is 0 Å². The second kappa shape index (κ2) is 20.6. The van der Waals surface area contributed by atoms with Crippen LogP contribution in [0.2, 0.25) is 0 Å². The van der Waals surface area contributed by atoms with Gasteiger partial charge in [-0.1, -0.05) is 107 Å². The summed E-state index contributed by atoms with van der Waals surface area (Å²) in [4.78, 5) is 14.3. The van der Waals surface area contributed by atoms with E-state index in [2.05, 4.69) is 67.4 Å². The zero-order chi connectivity index (χ0) is 29.8. The van der Waals surface area contributed by atoms with Gasteiger partial charge in [0.15, 0.2) is 0 Å². The number of hydrogen-bond acceptors (Lipinski definition) is 6. The first-order chi connectivity index (χ1) is 20.6. The van der Waals surface area contributed by atoms with Crippen molar-refractivity contribution < 1.29 is 23.7 Å². The standard InChI is InChI=1S/C36H55NO5/c1-4-6-7-8-18-26-40-36-33(42-29-31-21-14-10-15-22-31)27-32(41-28-30-19-12-9-13-20-30)35(36)37(3)24-17-11-16-23-34(38)39-25-5-2/h9-10,12-15,19-22,32-33,35-36H,4-8,11,16-18,23-29H2,1-3H3. The molecule has 0 aromatic heterocycles. The Hall–Kier alpha value is -2.25. The molecule has 42 heavy (non-hydrogen) atoms. The van der Waals surface area contributed by atoms with E-state index < -0.39 is 0 Å². The quantitative estimate of drug-likeness (QED) is 0.105. The predicted molar refractivity (Wildman–Crippen MR) is 169 cm³/mol. The van der Waals surface area contributed by atoms with Crippen LogP contribution < -0.4 is 0 Å². The molecule has 1 fully saturated rings. The minimum atomic E-state index is -0.0822. The van der Waals surface area contributed by atoms with Crippen molar-refractivity contribution in [2.24, 2.45) is 0 Å². The highest BCUT2D eigenvalue weighted by atomic mass is 16.6. The highest BCUT2D eigenvalue weighted by Crippen LogP contribution is 2.33. The monoisotopic (exact) mass is 581 g/mol. The van der Waals surface area contributed by atoms with E-state index in [1.165, 1.54) is 36.8 Å². The van der Waals surface area contributed by atoms with Crippen LogP contribution in [-0.2, 0) is 37.0 Å². The van der Waals surface area contributed by atoms with Crippen molar-refractivity contribution in [3.8, 4) is 0 Å². The maximum atomic E-state index is 11.9. The molecule has 0 N–H and O–H groups in total. The summed E-state index contributed by atoms with van der Waals surface area (Å²) in [6.07, 6.45) is 11.0. The molecule has 0 amide bonds. The predicted octanol–water partition coefficient (Wildman–Crippen LogP) is 7.73. The molecular formula is C36H55NO5. The smallest absolute Gasteiger partial charge is 0.305 e. The Balaban J connectivity index is 1.65. The molecule has 0 radical (unpaired) electrons. The number of unbranched alkanes of at least 4 members (excludes halogenated alkanes) is 6. The third-order valence-corrected chi connectivity index (χ3v) is 8.09. The van der Waals surface area contributed by atoms with Gasteiger partial charge in [0.05, 0.1) is 38.1 Å². The molecule has 3 rings (SSSR count). The molecule has 0 heterocycles. The Morgan fingerprint density at radius 3 is 1.98 bits per heavy atom. The summed E-state index contributed by atoms with van der Waals surface area (Å²) in [5.74, 6) is -0.0822. The molecule has 2 aromatic rings. The van der Waals surface area contributed by atoms with Crippen molar-refractivity contribution in [2.75, 3.05) is 26.8 Å². The molecule has 0 bridgehead atoms. The Bertz CT molecular complexity index is 956. The molecule has 1 aliphatic rings. The first-order valence-electron chi connectivity index (χ1n) is 16.4. The summed E-state index contributed by atoms with van der Waals surface area (Å²) < 4.78 is 25.1. The minimum absolute atomic E-state index is 0.00472. The molecule has 1 aliphatic carbocycles. The highest BCUT2D eigenvalue weighted by molar-refractivity contribution is 5.69. The molecule has 0 spiro atoms. The minimum Gasteiger partial charge on any atom is -0.466 e. The zero-order valence-corrected chi connectivity index (χ0v) is 26.4. The summed E-state index contributed by atoms with van der Waals surface area (Å²) in [6.45, 7) is 7.59. The largest absolute Gasteiger partial charge is 0.466 e. The summed E-state index contributed by atoms with van der Waals surface area (Å²) in [7, 11) is 2.19. The van der Waals surface area contributed by atoms with E-state index in [9.17, 15) is 4.79 Å². The van der Waals surface area contributed by atoms with E-state index in [4.69, 9.17) is 18.9 Å². The fraction of sp³-hybridized carbons (Fsp3) is 0.639. The molecule has 4 atom stereocenters. The average molecular weight is 582 g/mol. The normalized spacial score (nSPS) is 20.3. The second-order valence-electron chi connectivity index (χ2n) is 11.7. The summed E-state index contributed by atoms with van der Waals surface area (Å²) in [5, 5.41) is 0. The maximum Gasteiger partial charge on any atom is 0.305 e. The third-order valence-electron chi connectivity index (χ3n) is 8.09. The van der Waals surface area contributed by atoms with Crippen LogP contribution in [0.15, 0.2) is 60.7 Å². The van der Waals surface area contributed by atoms with E-state index in [1.807, 2.05) is 19.1 Å². The number of rotatable bonds is 22. The highest BCUT2D eigenvalue weighted by Gasteiger charge is 2.47. The third kappa shape index (κ3) is 12.5. The van der Waals surface area contributed by atoms with Crippen LogP contribution in [0.3, 0.4) is 0 Å². The van der Waals surface area contributed by atoms with E-state index in [-0.39, 0.29) is 30.3 Å². The first-order valence-corrected chi connectivity index (χ1v) is 16.4. The van der Waals surface area contributed by atoms with Gasteiger partial charge in [-0.15, -0.1) is 0 Å². The summed E-state index contributed by atoms with van der Waals surface area (Å²) >= 11 is 0. The van der Waals surface area contributed by atoms with Gasteiger partial charge in [0.25, 0.3) is 0 Å². The van der Waals surface area contributed by atoms with E-state index in [0.717, 1.165) is 51.7 Å². The Morgan fingerprint density at radius 2 is 1.33 bits per heavy atom. The van der Waals surface area contributed by atoms with Crippen LogP contribution >= 0.6 is 0 Å². The maximum absolute atomic E-state index is 11.9. The van der Waals surface area contributed by atoms with Gasteiger partial charge in [-0.2, -0.15) is 0 Å². The van der Waals surface area contributed by atoms with Gasteiger partial charge in [0.1, 0.15) is 6.10 Å². The molecule has 0 saturated heterocycles. The Morgan fingerprint density at radius 1 is 0.714 bits per heavy atom. The van der Waals surface area contributed by atoms with Gasteiger partial charge in [-0.25, -0.2) is 0 Å². The zero-order valence-electron chi connectivity index (χ0n) is 26.4. The molecule has 1 saturated carbocycles. The molecule has 234 valence electrons. The average Bonchev–Trinajstić information content (AvgIpc) is 3.37. The summed E-state index contributed by atoms with van der Waals surface area (Å²) in [6, 6.07) is 20.9. The van der Waals surface area contributed by atoms with Crippen molar-refractivity contribution in [3.63, 3.8) is 0 Å². The molecule has 6 nitrogen and oxygen atoms in total. The number of hydrogen-bond donors (Lipinski definition) is 0. The van der Waals surface area contributed by atoms with Gasteiger partial charge >= 0.3 is 5.97 Å². The number of esters is 1. The van der Waals surface area contributed by atoms with Crippen LogP contribution in [0, 0.1) is 0 Å². The lowest BCUT2D eigenvalue weighted by molar-refractivity contribution is -0.143. The molecule has 4 unspecified atom stereocenters. The number of benzene rings is 2. The topological polar surface area (TPSA) is 57.2 Å². The van der Waals surface area contributed by atoms with Crippen LogP contribution in [-0.4, -0.2) is 62.0 Å². The number of carbonyl (C=O) groups is 1. The van der Waals surface area contributed by atoms with Crippen LogP contribution in [0.1, 0.15) is 95.6 Å². The number of ether oxygens (including phenoxy) is 4. The van der Waals surface area contributed by atoms with Gasteiger partial charge < -0.3 is 18.9 Å². The summed E-state index contributed by atoms with van der Waals surface area (Å²) in [5.41, 5.74) is 2.35. The van der Waals surface area contributed by atoms with Gasteiger partial charge in [0, 0.05) is 19.4 Å². The van der Waals surface area contributed by atoms with Crippen molar-refractivity contribution >= 4 is 5.97 Å². The first kappa shape index (κ1) is 34.2.